The average molecular weight is 792 g/mol. The lowest BCUT2D eigenvalue weighted by Gasteiger charge is -2.49. The number of benzene rings is 3. The highest BCUT2D eigenvalue weighted by Crippen LogP contribution is 2.71. The van der Waals surface area contributed by atoms with Crippen molar-refractivity contribution in [3.63, 3.8) is 0 Å². The van der Waals surface area contributed by atoms with Crippen molar-refractivity contribution >= 4 is 46.6 Å². The Kier molecular flexibility index (Phi) is 10.1. The summed E-state index contributed by atoms with van der Waals surface area (Å²) in [6.45, 7) is 8.49. The zero-order chi connectivity index (χ0) is 42.1. The number of esters is 2. The van der Waals surface area contributed by atoms with Gasteiger partial charge in [0.15, 0.2) is 17.5 Å². The van der Waals surface area contributed by atoms with Crippen LogP contribution >= 0.6 is 0 Å². The molecule has 0 heterocycles. The number of anilines is 3. The largest absolute Gasteiger partial charge is 0.506 e. The molecule has 1 spiro atoms. The summed E-state index contributed by atoms with van der Waals surface area (Å²) >= 11 is 0. The van der Waals surface area contributed by atoms with Crippen LogP contribution in [0.3, 0.4) is 0 Å². The van der Waals surface area contributed by atoms with E-state index in [1.165, 1.54) is 37.3 Å². The van der Waals surface area contributed by atoms with Crippen LogP contribution in [0.5, 0.6) is 5.75 Å². The van der Waals surface area contributed by atoms with Gasteiger partial charge in [0.2, 0.25) is 0 Å². The number of aliphatic hydroxyl groups is 2. The standard InChI is InChI=1S/C45H49N3O10/c1-23-21-44-24(2)19-31-35(43(31,4)5)30(38(44)52)20-26(22-57-25(3)49)39(45(44,56)37(23)51)58-42(55)27-13-8-10-16-32(27)46-41(54)29-15-12-18-34(50)36(29)47-40(53)28-14-9-11-17-33(28)48(6)7/h8-18,20-21,24,30-31,35,37,39,50-51,56H,19,22H2,1-7H3,(H,46,54)(H,47,53). The van der Waals surface area contributed by atoms with Crippen LogP contribution in [0.15, 0.2) is 90.0 Å². The molecule has 2 fully saturated rings. The summed E-state index contributed by atoms with van der Waals surface area (Å²) in [6.07, 6.45) is 0.583. The van der Waals surface area contributed by atoms with Crippen LogP contribution in [-0.4, -0.2) is 83.4 Å². The van der Waals surface area contributed by atoms with Crippen LogP contribution in [0.4, 0.5) is 17.1 Å². The topological polar surface area (TPSA) is 192 Å². The lowest BCUT2D eigenvalue weighted by Crippen LogP contribution is -2.66. The maximum absolute atomic E-state index is 14.9. The van der Waals surface area contributed by atoms with E-state index in [-0.39, 0.29) is 56.9 Å². The Morgan fingerprint density at radius 2 is 1.55 bits per heavy atom. The lowest BCUT2D eigenvalue weighted by molar-refractivity contribution is -0.191. The van der Waals surface area contributed by atoms with Gasteiger partial charge < -0.3 is 40.3 Å². The van der Waals surface area contributed by atoms with E-state index in [0.29, 0.717) is 23.2 Å². The molecule has 58 heavy (non-hydrogen) atoms. The number of aliphatic hydroxyl groups excluding tert-OH is 1. The number of nitrogens with zero attached hydrogens (tertiary/aromatic N) is 1. The molecule has 4 aliphatic rings. The van der Waals surface area contributed by atoms with E-state index in [4.69, 9.17) is 9.47 Å². The third kappa shape index (κ3) is 6.27. The Hall–Kier alpha value is -5.79. The zero-order valence-corrected chi connectivity index (χ0v) is 33.5. The molecule has 0 radical (unpaired) electrons. The Morgan fingerprint density at radius 3 is 2.24 bits per heavy atom. The molecular weight excluding hydrogens is 743 g/mol. The highest BCUT2D eigenvalue weighted by atomic mass is 16.6. The summed E-state index contributed by atoms with van der Waals surface area (Å²) in [5.41, 5.74) is -3.26. The number of ketones is 1. The average Bonchev–Trinajstić information content (AvgIpc) is 3.69. The van der Waals surface area contributed by atoms with Crippen molar-refractivity contribution in [1.29, 1.82) is 0 Å². The molecule has 5 N–H and O–H groups in total. The molecule has 8 unspecified atom stereocenters. The summed E-state index contributed by atoms with van der Waals surface area (Å²) in [5, 5.41) is 41.1. The number of Topliss-reactive ketones (excluding diaryl/α,β-unsaturated/α-hetero) is 1. The van der Waals surface area contributed by atoms with Gasteiger partial charge in [0.25, 0.3) is 11.8 Å². The van der Waals surface area contributed by atoms with Gasteiger partial charge in [-0.15, -0.1) is 0 Å². The van der Waals surface area contributed by atoms with Gasteiger partial charge >= 0.3 is 11.9 Å². The minimum Gasteiger partial charge on any atom is -0.506 e. The van der Waals surface area contributed by atoms with Gasteiger partial charge in [0.1, 0.15) is 18.5 Å². The molecule has 0 aliphatic heterocycles. The maximum Gasteiger partial charge on any atom is 0.340 e. The number of hydrogen-bond donors (Lipinski definition) is 5. The maximum atomic E-state index is 14.9. The van der Waals surface area contributed by atoms with Gasteiger partial charge in [-0.05, 0) is 78.5 Å². The zero-order valence-electron chi connectivity index (χ0n) is 33.5. The number of carbonyl (C=O) groups excluding carboxylic acids is 5. The van der Waals surface area contributed by atoms with Gasteiger partial charge in [-0.2, -0.15) is 0 Å². The van der Waals surface area contributed by atoms with E-state index in [0.717, 1.165) is 0 Å². The summed E-state index contributed by atoms with van der Waals surface area (Å²) in [4.78, 5) is 70.8. The normalized spacial score (nSPS) is 28.9. The van der Waals surface area contributed by atoms with Crippen molar-refractivity contribution in [2.24, 2.45) is 34.5 Å². The van der Waals surface area contributed by atoms with Crippen LogP contribution < -0.4 is 15.5 Å². The van der Waals surface area contributed by atoms with Gasteiger partial charge in [-0.25, -0.2) is 4.79 Å². The SMILES string of the molecule is CC(=O)OCC1=CC2C(=O)C3(C=C(C)C(O)C3(O)C1OC(=O)c1ccccc1NC(=O)c1cccc(O)c1NC(=O)c1ccccc1N(C)C)C(C)CC1C2C1(C)C. The quantitative estimate of drug-likeness (QED) is 0.104. The summed E-state index contributed by atoms with van der Waals surface area (Å²) in [5.74, 6) is -4.81. The number of phenolic OH excluding ortho intramolecular Hbond substituents is 1. The molecule has 3 aromatic rings. The Morgan fingerprint density at radius 1 is 0.914 bits per heavy atom. The van der Waals surface area contributed by atoms with Crippen LogP contribution in [0.1, 0.15) is 72.1 Å². The highest BCUT2D eigenvalue weighted by molar-refractivity contribution is 6.16. The van der Waals surface area contributed by atoms with Crippen molar-refractivity contribution in [3.05, 3.63) is 107 Å². The van der Waals surface area contributed by atoms with E-state index in [1.54, 1.807) is 74.5 Å². The number of rotatable bonds is 9. The van der Waals surface area contributed by atoms with Crippen molar-refractivity contribution < 1.29 is 48.8 Å². The Balaban J connectivity index is 1.24. The number of allylic oxidation sites excluding steroid dienone is 1. The fourth-order valence-corrected chi connectivity index (χ4v) is 9.97. The number of aromatic hydroxyl groups is 1. The molecule has 2 saturated carbocycles. The molecule has 304 valence electrons. The smallest absolute Gasteiger partial charge is 0.340 e. The van der Waals surface area contributed by atoms with Crippen molar-refractivity contribution in [2.45, 2.75) is 58.8 Å². The van der Waals surface area contributed by atoms with Crippen LogP contribution in [0.25, 0.3) is 0 Å². The van der Waals surface area contributed by atoms with E-state index in [9.17, 15) is 39.3 Å². The van der Waals surface area contributed by atoms with E-state index < -0.39 is 65.4 Å². The minimum atomic E-state index is -2.39. The number of carbonyl (C=O) groups is 5. The molecule has 0 aromatic heterocycles. The molecule has 8 atom stereocenters. The first-order chi connectivity index (χ1) is 27.4. The minimum absolute atomic E-state index is 0.0132. The summed E-state index contributed by atoms with van der Waals surface area (Å²) < 4.78 is 11.7. The number of hydrogen-bond acceptors (Lipinski definition) is 11. The second-order valence-corrected chi connectivity index (χ2v) is 16.8. The molecule has 4 aliphatic carbocycles. The Bertz CT molecular complexity index is 2300. The van der Waals surface area contributed by atoms with Crippen LogP contribution in [-0.2, 0) is 19.1 Å². The predicted octanol–water partition coefficient (Wildman–Crippen LogP) is 5.53. The highest BCUT2D eigenvalue weighted by Gasteiger charge is 2.76. The fourth-order valence-electron chi connectivity index (χ4n) is 9.97. The first-order valence-corrected chi connectivity index (χ1v) is 19.3. The third-order valence-corrected chi connectivity index (χ3v) is 12.9. The number of phenols is 1. The van der Waals surface area contributed by atoms with Crippen molar-refractivity contribution in [1.82, 2.24) is 0 Å². The van der Waals surface area contributed by atoms with Gasteiger partial charge in [-0.3, -0.25) is 19.2 Å². The molecule has 7 rings (SSSR count). The molecule has 2 amide bonds. The molecule has 0 saturated heterocycles. The van der Waals surface area contributed by atoms with E-state index in [1.807, 2.05) is 6.92 Å². The first-order valence-electron chi connectivity index (χ1n) is 19.3. The van der Waals surface area contributed by atoms with E-state index >= 15 is 0 Å². The van der Waals surface area contributed by atoms with Crippen molar-refractivity contribution in [3.8, 4) is 5.75 Å². The number of amides is 2. The van der Waals surface area contributed by atoms with Gasteiger partial charge in [-0.1, -0.05) is 63.3 Å². The monoisotopic (exact) mass is 791 g/mol. The molecule has 13 heteroatoms. The number of fused-ring (bicyclic) bond motifs is 3. The summed E-state index contributed by atoms with van der Waals surface area (Å²) in [7, 11) is 3.56. The number of ether oxygens (including phenoxy) is 2. The Labute approximate surface area is 336 Å². The predicted molar refractivity (Wildman–Crippen MR) is 215 cm³/mol. The lowest BCUT2D eigenvalue weighted by atomic mass is 9.59. The second kappa shape index (κ2) is 14.5. The molecule has 3 aromatic carbocycles. The third-order valence-electron chi connectivity index (χ3n) is 12.9. The molecular formula is C45H49N3O10. The van der Waals surface area contributed by atoms with Gasteiger partial charge in [0, 0.05) is 38.2 Å². The second-order valence-electron chi connectivity index (χ2n) is 16.8. The van der Waals surface area contributed by atoms with Crippen molar-refractivity contribution in [2.75, 3.05) is 36.2 Å². The fraction of sp³-hybridized carbons (Fsp3) is 0.400. The molecule has 13 nitrogen and oxygen atoms in total. The molecule has 2 bridgehead atoms. The first kappa shape index (κ1) is 40.4. The van der Waals surface area contributed by atoms with Crippen LogP contribution in [0.2, 0.25) is 0 Å². The number of para-hydroxylation sites is 3. The van der Waals surface area contributed by atoms with Gasteiger partial charge in [0.05, 0.1) is 33.5 Å². The van der Waals surface area contributed by atoms with E-state index in [2.05, 4.69) is 24.5 Å². The summed E-state index contributed by atoms with van der Waals surface area (Å²) in [6, 6.07) is 17.0. The van der Waals surface area contributed by atoms with Crippen LogP contribution in [0, 0.1) is 34.5 Å². The number of nitrogens with one attached hydrogen (secondary N) is 2.